The fourth-order valence-corrected chi connectivity index (χ4v) is 3.11. The Bertz CT molecular complexity index is 505. The number of nitrogens with one attached hydrogen (secondary N) is 2. The Labute approximate surface area is 163 Å². The third-order valence-electron chi connectivity index (χ3n) is 4.82. The van der Waals surface area contributed by atoms with Crippen molar-refractivity contribution in [3.63, 3.8) is 0 Å². The molecule has 1 saturated carbocycles. The summed E-state index contributed by atoms with van der Waals surface area (Å²) >= 11 is 0. The summed E-state index contributed by atoms with van der Waals surface area (Å²) in [5.41, 5.74) is 2.73. The summed E-state index contributed by atoms with van der Waals surface area (Å²) in [6.07, 6.45) is 6.84. The second kappa shape index (κ2) is 10.2. The molecule has 0 amide bonds. The third kappa shape index (κ3) is 6.59. The van der Waals surface area contributed by atoms with E-state index in [9.17, 15) is 0 Å². The Balaban J connectivity index is 0.00000208. The van der Waals surface area contributed by atoms with Gasteiger partial charge in [0.15, 0.2) is 5.96 Å². The molecule has 5 heteroatoms. The maximum Gasteiger partial charge on any atom is 0.191 e. The molecule has 0 aromatic heterocycles. The Kier molecular flexibility index (Phi) is 8.32. The zero-order chi connectivity index (χ0) is 15.9. The van der Waals surface area contributed by atoms with E-state index in [0.29, 0.717) is 0 Å². The topological polar surface area (TPSA) is 39.7 Å². The lowest BCUT2D eigenvalue weighted by atomic mass is 10.1. The summed E-state index contributed by atoms with van der Waals surface area (Å²) in [5.74, 6) is 1.77. The normalized spacial score (nSPS) is 18.8. The van der Waals surface area contributed by atoms with Crippen LogP contribution in [0, 0.1) is 5.92 Å². The molecule has 1 aromatic rings. The first-order valence-electron chi connectivity index (χ1n) is 9.08. The van der Waals surface area contributed by atoms with Crippen LogP contribution in [0.15, 0.2) is 29.3 Å². The largest absolute Gasteiger partial charge is 0.356 e. The summed E-state index contributed by atoms with van der Waals surface area (Å²) in [7, 11) is 1.84. The summed E-state index contributed by atoms with van der Waals surface area (Å²) in [5, 5.41) is 6.80. The second-order valence-electron chi connectivity index (χ2n) is 6.90. The second-order valence-corrected chi connectivity index (χ2v) is 6.90. The van der Waals surface area contributed by atoms with Gasteiger partial charge in [-0.05, 0) is 55.8 Å². The summed E-state index contributed by atoms with van der Waals surface area (Å²) in [6.45, 7) is 5.49. The number of guanidine groups is 1. The van der Waals surface area contributed by atoms with Gasteiger partial charge in [0.25, 0.3) is 0 Å². The highest BCUT2D eigenvalue weighted by molar-refractivity contribution is 14.0. The minimum atomic E-state index is 0. The highest BCUT2D eigenvalue weighted by Crippen LogP contribution is 2.27. The molecule has 0 spiro atoms. The molecule has 0 radical (unpaired) electrons. The van der Waals surface area contributed by atoms with E-state index < -0.39 is 0 Å². The molecule has 3 rings (SSSR count). The lowest BCUT2D eigenvalue weighted by molar-refractivity contribution is 0.221. The van der Waals surface area contributed by atoms with Crippen molar-refractivity contribution >= 4 is 29.9 Å². The molecule has 24 heavy (non-hydrogen) atoms. The van der Waals surface area contributed by atoms with Crippen molar-refractivity contribution in [2.45, 2.75) is 45.2 Å². The zero-order valence-corrected chi connectivity index (χ0v) is 17.1. The van der Waals surface area contributed by atoms with Gasteiger partial charge < -0.3 is 10.6 Å². The van der Waals surface area contributed by atoms with Crippen LogP contribution < -0.4 is 10.6 Å². The zero-order valence-electron chi connectivity index (χ0n) is 14.8. The van der Waals surface area contributed by atoms with Crippen molar-refractivity contribution in [2.24, 2.45) is 10.9 Å². The Hall–Kier alpha value is -0.820. The van der Waals surface area contributed by atoms with Crippen LogP contribution in [0.4, 0.5) is 0 Å². The molecular weight excluding hydrogens is 411 g/mol. The highest BCUT2D eigenvalue weighted by atomic mass is 127. The average molecular weight is 442 g/mol. The Morgan fingerprint density at radius 2 is 1.71 bits per heavy atom. The Morgan fingerprint density at radius 3 is 2.33 bits per heavy atom. The van der Waals surface area contributed by atoms with Gasteiger partial charge >= 0.3 is 0 Å². The molecule has 1 heterocycles. The van der Waals surface area contributed by atoms with E-state index in [1.54, 1.807) is 0 Å². The van der Waals surface area contributed by atoms with E-state index in [1.807, 2.05) is 7.05 Å². The highest BCUT2D eigenvalue weighted by Gasteiger charge is 2.21. The first-order valence-corrected chi connectivity index (χ1v) is 9.08. The first-order chi connectivity index (χ1) is 11.3. The van der Waals surface area contributed by atoms with E-state index in [0.717, 1.165) is 31.5 Å². The van der Waals surface area contributed by atoms with Crippen molar-refractivity contribution in [2.75, 3.05) is 26.7 Å². The minimum absolute atomic E-state index is 0. The van der Waals surface area contributed by atoms with Gasteiger partial charge in [-0.3, -0.25) is 9.89 Å². The summed E-state index contributed by atoms with van der Waals surface area (Å²) < 4.78 is 0. The number of nitrogens with zero attached hydrogens (tertiary/aromatic N) is 2. The molecule has 2 fully saturated rings. The third-order valence-corrected chi connectivity index (χ3v) is 4.82. The van der Waals surface area contributed by atoms with Crippen LogP contribution in [0.5, 0.6) is 0 Å². The molecule has 1 aromatic carbocycles. The van der Waals surface area contributed by atoms with E-state index in [-0.39, 0.29) is 24.0 Å². The monoisotopic (exact) mass is 442 g/mol. The number of piperidine rings is 1. The van der Waals surface area contributed by atoms with Gasteiger partial charge in [-0.2, -0.15) is 0 Å². The molecule has 1 saturated heterocycles. The van der Waals surface area contributed by atoms with Crippen LogP contribution in [-0.2, 0) is 13.1 Å². The fourth-order valence-electron chi connectivity index (χ4n) is 3.11. The number of hydrogen-bond donors (Lipinski definition) is 2. The number of halogens is 1. The van der Waals surface area contributed by atoms with Gasteiger partial charge in [-0.15, -0.1) is 24.0 Å². The summed E-state index contributed by atoms with van der Waals surface area (Å²) in [6, 6.07) is 9.01. The molecule has 0 bridgehead atoms. The van der Waals surface area contributed by atoms with Gasteiger partial charge in [-0.25, -0.2) is 0 Å². The van der Waals surface area contributed by atoms with Crippen molar-refractivity contribution in [1.82, 2.24) is 15.5 Å². The molecule has 1 aliphatic carbocycles. The predicted molar refractivity (Wildman–Crippen MR) is 112 cm³/mol. The van der Waals surface area contributed by atoms with Crippen LogP contribution in [0.3, 0.4) is 0 Å². The molecule has 1 aliphatic heterocycles. The fraction of sp³-hybridized carbons (Fsp3) is 0.632. The number of hydrogen-bond acceptors (Lipinski definition) is 2. The van der Waals surface area contributed by atoms with E-state index >= 15 is 0 Å². The average Bonchev–Trinajstić information content (AvgIpc) is 3.42. The quantitative estimate of drug-likeness (QED) is 0.403. The van der Waals surface area contributed by atoms with Gasteiger partial charge in [-0.1, -0.05) is 30.7 Å². The van der Waals surface area contributed by atoms with E-state index in [2.05, 4.69) is 44.8 Å². The van der Waals surface area contributed by atoms with Gasteiger partial charge in [0, 0.05) is 26.7 Å². The smallest absolute Gasteiger partial charge is 0.191 e. The lowest BCUT2D eigenvalue weighted by Crippen LogP contribution is -2.37. The van der Waals surface area contributed by atoms with Crippen LogP contribution in [0.25, 0.3) is 0 Å². The van der Waals surface area contributed by atoms with Crippen LogP contribution in [0.1, 0.15) is 43.2 Å². The molecule has 0 unspecified atom stereocenters. The van der Waals surface area contributed by atoms with Gasteiger partial charge in [0.05, 0.1) is 0 Å². The van der Waals surface area contributed by atoms with Crippen molar-refractivity contribution in [3.8, 4) is 0 Å². The van der Waals surface area contributed by atoms with Crippen molar-refractivity contribution in [3.05, 3.63) is 35.4 Å². The number of rotatable bonds is 6. The molecular formula is C19H31IN4. The first kappa shape index (κ1) is 19.5. The van der Waals surface area contributed by atoms with Crippen molar-refractivity contribution < 1.29 is 0 Å². The maximum absolute atomic E-state index is 4.29. The van der Waals surface area contributed by atoms with Crippen LogP contribution >= 0.6 is 24.0 Å². The maximum atomic E-state index is 4.29. The molecule has 134 valence electrons. The van der Waals surface area contributed by atoms with Crippen LogP contribution in [-0.4, -0.2) is 37.5 Å². The molecule has 2 aliphatic rings. The van der Waals surface area contributed by atoms with Crippen molar-refractivity contribution in [1.29, 1.82) is 0 Å². The minimum Gasteiger partial charge on any atom is -0.356 e. The summed E-state index contributed by atoms with van der Waals surface area (Å²) in [4.78, 5) is 6.86. The molecule has 0 atom stereocenters. The van der Waals surface area contributed by atoms with E-state index in [4.69, 9.17) is 0 Å². The number of aliphatic imine (C=N–C) groups is 1. The van der Waals surface area contributed by atoms with Gasteiger partial charge in [0.1, 0.15) is 0 Å². The lowest BCUT2D eigenvalue weighted by Gasteiger charge is -2.26. The van der Waals surface area contributed by atoms with Crippen LogP contribution in [0.2, 0.25) is 0 Å². The van der Waals surface area contributed by atoms with E-state index in [1.165, 1.54) is 56.3 Å². The molecule has 2 N–H and O–H groups in total. The SMILES string of the molecule is CN=C(NCc1ccc(CN2CCCCC2)cc1)NCC1CC1.I. The standard InChI is InChI=1S/C19H30N4.HI/c1-20-19(21-13-16-5-6-16)22-14-17-7-9-18(10-8-17)15-23-11-3-2-4-12-23;/h7-10,16H,2-6,11-15H2,1H3,(H2,20,21,22);1H. The number of benzene rings is 1. The number of likely N-dealkylation sites (tertiary alicyclic amines) is 1. The predicted octanol–water partition coefficient (Wildman–Crippen LogP) is 3.37. The van der Waals surface area contributed by atoms with Gasteiger partial charge in [0.2, 0.25) is 0 Å². The Morgan fingerprint density at radius 1 is 1.04 bits per heavy atom. The molecule has 4 nitrogen and oxygen atoms in total.